The van der Waals surface area contributed by atoms with Crippen LogP contribution >= 0.6 is 0 Å². The number of anilines is 1. The van der Waals surface area contributed by atoms with Crippen LogP contribution in [-0.2, 0) is 4.79 Å². The van der Waals surface area contributed by atoms with Gasteiger partial charge in [0.25, 0.3) is 0 Å². The second-order valence-corrected chi connectivity index (χ2v) is 5.00. The zero-order valence-electron chi connectivity index (χ0n) is 11.0. The summed E-state index contributed by atoms with van der Waals surface area (Å²) in [7, 11) is 1.61. The first-order valence-corrected chi connectivity index (χ1v) is 6.31. The number of hydrogen-bond acceptors (Lipinski definition) is 3. The Hall–Kier alpha value is -1.55. The number of ether oxygens (including phenoxy) is 1. The summed E-state index contributed by atoms with van der Waals surface area (Å²) in [5.74, 6) is 0.748. The van der Waals surface area contributed by atoms with Crippen molar-refractivity contribution in [2.24, 2.45) is 5.41 Å². The second kappa shape index (κ2) is 5.40. The third-order valence-electron chi connectivity index (χ3n) is 3.50. The Bertz CT molecular complexity index is 426. The van der Waals surface area contributed by atoms with E-state index in [0.29, 0.717) is 5.75 Å². The van der Waals surface area contributed by atoms with Gasteiger partial charge in [0, 0.05) is 6.54 Å². The molecule has 4 nitrogen and oxygen atoms in total. The van der Waals surface area contributed by atoms with Crippen molar-refractivity contribution in [3.63, 3.8) is 0 Å². The molecule has 1 saturated heterocycles. The number of piperidine rings is 1. The monoisotopic (exact) mass is 248 g/mol. The molecule has 18 heavy (non-hydrogen) atoms. The number of benzene rings is 1. The summed E-state index contributed by atoms with van der Waals surface area (Å²) in [5, 5.41) is 6.25. The molecule has 98 valence electrons. The zero-order valence-corrected chi connectivity index (χ0v) is 11.0. The van der Waals surface area contributed by atoms with Crippen molar-refractivity contribution in [1.29, 1.82) is 0 Å². The third-order valence-corrected chi connectivity index (χ3v) is 3.50. The van der Waals surface area contributed by atoms with E-state index in [4.69, 9.17) is 4.74 Å². The average Bonchev–Trinajstić information content (AvgIpc) is 2.40. The van der Waals surface area contributed by atoms with E-state index in [9.17, 15) is 4.79 Å². The number of carbonyl (C=O) groups excluding carboxylic acids is 1. The number of amides is 1. The fraction of sp³-hybridized carbons (Fsp3) is 0.500. The Morgan fingerprint density at radius 1 is 1.44 bits per heavy atom. The topological polar surface area (TPSA) is 50.4 Å². The molecule has 0 aliphatic carbocycles. The molecule has 0 aromatic heterocycles. The summed E-state index contributed by atoms with van der Waals surface area (Å²) in [6.45, 7) is 3.73. The summed E-state index contributed by atoms with van der Waals surface area (Å²) >= 11 is 0. The second-order valence-electron chi connectivity index (χ2n) is 5.00. The molecule has 0 radical (unpaired) electrons. The highest BCUT2D eigenvalue weighted by Crippen LogP contribution is 2.30. The van der Waals surface area contributed by atoms with Gasteiger partial charge >= 0.3 is 0 Å². The lowest BCUT2D eigenvalue weighted by atomic mass is 9.82. The molecule has 2 N–H and O–H groups in total. The normalized spacial score (nSPS) is 23.4. The first-order chi connectivity index (χ1) is 8.65. The van der Waals surface area contributed by atoms with Crippen molar-refractivity contribution in [1.82, 2.24) is 5.32 Å². The number of rotatable bonds is 3. The molecule has 1 heterocycles. The van der Waals surface area contributed by atoms with Crippen molar-refractivity contribution >= 4 is 11.6 Å². The number of carbonyl (C=O) groups is 1. The summed E-state index contributed by atoms with van der Waals surface area (Å²) in [4.78, 5) is 12.4. The molecule has 1 unspecified atom stereocenters. The first-order valence-electron chi connectivity index (χ1n) is 6.31. The van der Waals surface area contributed by atoms with Crippen LogP contribution in [0.15, 0.2) is 24.3 Å². The summed E-state index contributed by atoms with van der Waals surface area (Å²) in [6, 6.07) is 7.48. The molecular weight excluding hydrogens is 228 g/mol. The van der Waals surface area contributed by atoms with Crippen LogP contribution in [0.25, 0.3) is 0 Å². The van der Waals surface area contributed by atoms with Gasteiger partial charge in [0.15, 0.2) is 0 Å². The van der Waals surface area contributed by atoms with Crippen molar-refractivity contribution in [3.8, 4) is 5.75 Å². The highest BCUT2D eigenvalue weighted by atomic mass is 16.5. The van der Waals surface area contributed by atoms with Crippen molar-refractivity contribution in [2.45, 2.75) is 19.8 Å². The van der Waals surface area contributed by atoms with Crippen molar-refractivity contribution in [2.75, 3.05) is 25.5 Å². The number of hydrogen-bond donors (Lipinski definition) is 2. The van der Waals surface area contributed by atoms with E-state index < -0.39 is 0 Å². The fourth-order valence-electron chi connectivity index (χ4n) is 2.27. The van der Waals surface area contributed by atoms with Crippen LogP contribution in [0.1, 0.15) is 19.8 Å². The Morgan fingerprint density at radius 2 is 2.22 bits per heavy atom. The Balaban J connectivity index is 2.10. The summed E-state index contributed by atoms with van der Waals surface area (Å²) < 4.78 is 5.24. The minimum absolute atomic E-state index is 0.0548. The fourth-order valence-corrected chi connectivity index (χ4v) is 2.27. The van der Waals surface area contributed by atoms with Gasteiger partial charge in [-0.25, -0.2) is 0 Å². The van der Waals surface area contributed by atoms with E-state index in [0.717, 1.165) is 31.6 Å². The maximum Gasteiger partial charge on any atom is 0.231 e. The smallest absolute Gasteiger partial charge is 0.231 e. The number of para-hydroxylation sites is 2. The lowest BCUT2D eigenvalue weighted by molar-refractivity contribution is -0.125. The molecule has 0 saturated carbocycles. The van der Waals surface area contributed by atoms with Gasteiger partial charge in [0.2, 0.25) is 5.91 Å². The number of nitrogens with one attached hydrogen (secondary N) is 2. The van der Waals surface area contributed by atoms with E-state index in [1.807, 2.05) is 31.2 Å². The molecule has 1 aromatic carbocycles. The quantitative estimate of drug-likeness (QED) is 0.860. The van der Waals surface area contributed by atoms with Crippen LogP contribution in [0, 0.1) is 5.41 Å². The van der Waals surface area contributed by atoms with Crippen molar-refractivity contribution < 1.29 is 9.53 Å². The van der Waals surface area contributed by atoms with Crippen LogP contribution in [0.2, 0.25) is 0 Å². The molecule has 2 rings (SSSR count). The average molecular weight is 248 g/mol. The lowest BCUT2D eigenvalue weighted by Crippen LogP contribution is -2.46. The van der Waals surface area contributed by atoms with Crippen molar-refractivity contribution in [3.05, 3.63) is 24.3 Å². The number of methoxy groups -OCH3 is 1. The van der Waals surface area contributed by atoms with Crippen LogP contribution in [0.4, 0.5) is 5.69 Å². The zero-order chi connectivity index (χ0) is 13.0. The molecule has 4 heteroatoms. The lowest BCUT2D eigenvalue weighted by Gasteiger charge is -2.32. The predicted molar refractivity (Wildman–Crippen MR) is 71.8 cm³/mol. The molecule has 1 aliphatic rings. The molecule has 1 atom stereocenters. The SMILES string of the molecule is COc1ccccc1NC(=O)C1(C)CCCNC1. The van der Waals surface area contributed by atoms with E-state index >= 15 is 0 Å². The van der Waals surface area contributed by atoms with Crippen LogP contribution < -0.4 is 15.4 Å². The minimum atomic E-state index is -0.334. The third kappa shape index (κ3) is 2.64. The largest absolute Gasteiger partial charge is 0.495 e. The van der Waals surface area contributed by atoms with E-state index in [1.54, 1.807) is 7.11 Å². The van der Waals surface area contributed by atoms with Gasteiger partial charge in [-0.1, -0.05) is 12.1 Å². The van der Waals surface area contributed by atoms with Gasteiger partial charge in [-0.3, -0.25) is 4.79 Å². The van der Waals surface area contributed by atoms with Gasteiger partial charge in [-0.2, -0.15) is 0 Å². The Labute approximate surface area is 108 Å². The standard InChI is InChI=1S/C14H20N2O2/c1-14(8-5-9-15-10-14)13(17)16-11-6-3-4-7-12(11)18-2/h3-4,6-7,15H,5,8-10H2,1-2H3,(H,16,17). The minimum Gasteiger partial charge on any atom is -0.495 e. The van der Waals surface area contributed by atoms with Crippen LogP contribution in [0.3, 0.4) is 0 Å². The van der Waals surface area contributed by atoms with E-state index in [1.165, 1.54) is 0 Å². The molecule has 0 bridgehead atoms. The molecule has 1 aromatic rings. The first kappa shape index (κ1) is 12.9. The molecule has 1 aliphatic heterocycles. The van der Waals surface area contributed by atoms with E-state index in [-0.39, 0.29) is 11.3 Å². The Kier molecular flexibility index (Phi) is 3.87. The highest BCUT2D eigenvalue weighted by molar-refractivity contribution is 5.96. The van der Waals surface area contributed by atoms with Gasteiger partial charge in [-0.15, -0.1) is 0 Å². The molecule has 0 spiro atoms. The summed E-state index contributed by atoms with van der Waals surface area (Å²) in [6.07, 6.45) is 1.96. The summed E-state index contributed by atoms with van der Waals surface area (Å²) in [5.41, 5.74) is 0.399. The van der Waals surface area contributed by atoms with Gasteiger partial charge in [-0.05, 0) is 38.4 Å². The molecule has 1 amide bonds. The maximum absolute atomic E-state index is 12.4. The van der Waals surface area contributed by atoms with Crippen LogP contribution in [-0.4, -0.2) is 26.1 Å². The van der Waals surface area contributed by atoms with Crippen LogP contribution in [0.5, 0.6) is 5.75 Å². The van der Waals surface area contributed by atoms with E-state index in [2.05, 4.69) is 10.6 Å². The Morgan fingerprint density at radius 3 is 2.89 bits per heavy atom. The van der Waals surface area contributed by atoms with Gasteiger partial charge < -0.3 is 15.4 Å². The van der Waals surface area contributed by atoms with Gasteiger partial charge in [0.1, 0.15) is 5.75 Å². The highest BCUT2D eigenvalue weighted by Gasteiger charge is 2.34. The van der Waals surface area contributed by atoms with Gasteiger partial charge in [0.05, 0.1) is 18.2 Å². The molecule has 1 fully saturated rings. The maximum atomic E-state index is 12.4. The molecular formula is C14H20N2O2. The predicted octanol–water partition coefficient (Wildman–Crippen LogP) is 2.02.